The van der Waals surface area contributed by atoms with Crippen LogP contribution in [-0.4, -0.2) is 23.1 Å². The number of anilines is 1. The van der Waals surface area contributed by atoms with E-state index in [0.717, 1.165) is 12.5 Å². The Hall–Kier alpha value is -0.610. The van der Waals surface area contributed by atoms with Crippen LogP contribution in [0.4, 0.5) is 5.13 Å². The molecule has 1 saturated carbocycles. The van der Waals surface area contributed by atoms with Crippen molar-refractivity contribution in [3.05, 3.63) is 10.6 Å². The third-order valence-corrected chi connectivity index (χ3v) is 5.37. The molecule has 0 radical (unpaired) electrons. The Kier molecular flexibility index (Phi) is 3.80. The van der Waals surface area contributed by atoms with E-state index in [9.17, 15) is 0 Å². The van der Waals surface area contributed by atoms with Crippen molar-refractivity contribution in [2.45, 2.75) is 77.4 Å². The molecule has 1 aliphatic carbocycles. The van der Waals surface area contributed by atoms with Crippen molar-refractivity contribution in [3.8, 4) is 0 Å². The summed E-state index contributed by atoms with van der Waals surface area (Å²) in [6, 6.07) is 0.664. The largest absolute Gasteiger partial charge is 0.345 e. The molecule has 3 rings (SSSR count). The first-order valence-electron chi connectivity index (χ1n) is 7.95. The molecule has 3 nitrogen and oxygen atoms in total. The van der Waals surface area contributed by atoms with Crippen LogP contribution in [0.5, 0.6) is 0 Å². The Labute approximate surface area is 126 Å². The van der Waals surface area contributed by atoms with Gasteiger partial charge in [0.2, 0.25) is 0 Å². The highest BCUT2D eigenvalue weighted by Crippen LogP contribution is 2.45. The van der Waals surface area contributed by atoms with E-state index in [1.165, 1.54) is 47.9 Å². The van der Waals surface area contributed by atoms with Gasteiger partial charge in [-0.15, -0.1) is 11.3 Å². The van der Waals surface area contributed by atoms with Crippen molar-refractivity contribution >= 4 is 16.5 Å². The van der Waals surface area contributed by atoms with Crippen LogP contribution in [0.3, 0.4) is 0 Å². The van der Waals surface area contributed by atoms with Crippen molar-refractivity contribution in [2.24, 2.45) is 0 Å². The summed E-state index contributed by atoms with van der Waals surface area (Å²) in [6.45, 7) is 11.2. The van der Waals surface area contributed by atoms with E-state index in [0.29, 0.717) is 6.04 Å². The van der Waals surface area contributed by atoms with Gasteiger partial charge in [0.25, 0.3) is 0 Å². The molecule has 1 aromatic heterocycles. The van der Waals surface area contributed by atoms with Gasteiger partial charge in [-0.25, -0.2) is 4.98 Å². The highest BCUT2D eigenvalue weighted by molar-refractivity contribution is 7.15. The summed E-state index contributed by atoms with van der Waals surface area (Å²) in [5.41, 5.74) is 1.56. The van der Waals surface area contributed by atoms with Crippen LogP contribution in [0.15, 0.2) is 0 Å². The molecule has 0 aromatic carbocycles. The van der Waals surface area contributed by atoms with Gasteiger partial charge >= 0.3 is 0 Å². The lowest BCUT2D eigenvalue weighted by Gasteiger charge is -2.20. The van der Waals surface area contributed by atoms with Gasteiger partial charge in [-0.2, -0.15) is 0 Å². The molecule has 20 heavy (non-hydrogen) atoms. The Balaban J connectivity index is 1.79. The average Bonchev–Trinajstić information content (AvgIpc) is 2.98. The monoisotopic (exact) mass is 293 g/mol. The molecule has 112 valence electrons. The summed E-state index contributed by atoms with van der Waals surface area (Å²) in [6.07, 6.45) is 5.30. The second-order valence-electron chi connectivity index (χ2n) is 7.37. The minimum absolute atomic E-state index is 0.173. The predicted octanol–water partition coefficient (Wildman–Crippen LogP) is 3.90. The molecular weight excluding hydrogens is 266 g/mol. The molecule has 0 bridgehead atoms. The highest BCUT2D eigenvalue weighted by Gasteiger charge is 2.32. The van der Waals surface area contributed by atoms with E-state index in [-0.39, 0.29) is 5.54 Å². The summed E-state index contributed by atoms with van der Waals surface area (Å²) in [5.74, 6) is 0.745. The van der Waals surface area contributed by atoms with E-state index in [4.69, 9.17) is 4.98 Å². The molecule has 1 unspecified atom stereocenters. The third-order valence-electron chi connectivity index (χ3n) is 4.26. The lowest BCUT2D eigenvalue weighted by Crippen LogP contribution is -2.35. The van der Waals surface area contributed by atoms with Crippen LogP contribution in [0.2, 0.25) is 0 Å². The van der Waals surface area contributed by atoms with Gasteiger partial charge < -0.3 is 10.2 Å². The van der Waals surface area contributed by atoms with Gasteiger partial charge in [-0.05, 0) is 53.4 Å². The molecule has 1 saturated heterocycles. The van der Waals surface area contributed by atoms with Gasteiger partial charge in [0.15, 0.2) is 5.13 Å². The number of rotatable bonds is 4. The van der Waals surface area contributed by atoms with Crippen LogP contribution in [-0.2, 0) is 6.54 Å². The van der Waals surface area contributed by atoms with Crippen LogP contribution < -0.4 is 10.2 Å². The first-order valence-corrected chi connectivity index (χ1v) is 8.77. The van der Waals surface area contributed by atoms with Crippen LogP contribution in [0.1, 0.15) is 69.9 Å². The molecule has 4 heteroatoms. The summed E-state index contributed by atoms with van der Waals surface area (Å²) in [5, 5.41) is 4.89. The van der Waals surface area contributed by atoms with E-state index in [1.807, 2.05) is 11.3 Å². The standard InChI is InChI=1S/C16H27N3S/c1-11-6-5-9-19(11)15-18-14(12-7-8-12)13(20-15)10-17-16(2,3)4/h11-12,17H,5-10H2,1-4H3. The quantitative estimate of drug-likeness (QED) is 0.912. The fourth-order valence-corrected chi connectivity index (χ4v) is 4.05. The van der Waals surface area contributed by atoms with Crippen molar-refractivity contribution < 1.29 is 0 Å². The van der Waals surface area contributed by atoms with E-state index in [2.05, 4.69) is 37.9 Å². The van der Waals surface area contributed by atoms with Crippen molar-refractivity contribution in [1.82, 2.24) is 10.3 Å². The van der Waals surface area contributed by atoms with Crippen LogP contribution in [0, 0.1) is 0 Å². The van der Waals surface area contributed by atoms with Crippen LogP contribution in [0.25, 0.3) is 0 Å². The minimum Gasteiger partial charge on any atom is -0.345 e. The maximum atomic E-state index is 5.01. The Morgan fingerprint density at radius 3 is 2.60 bits per heavy atom. The van der Waals surface area contributed by atoms with E-state index < -0.39 is 0 Å². The SMILES string of the molecule is CC1CCCN1c1nc(C2CC2)c(CNC(C)(C)C)s1. The second-order valence-corrected chi connectivity index (χ2v) is 8.43. The average molecular weight is 293 g/mol. The fraction of sp³-hybridized carbons (Fsp3) is 0.812. The van der Waals surface area contributed by atoms with Crippen LogP contribution >= 0.6 is 11.3 Å². The van der Waals surface area contributed by atoms with Gasteiger partial charge in [0, 0.05) is 35.5 Å². The number of hydrogen-bond donors (Lipinski definition) is 1. The number of hydrogen-bond acceptors (Lipinski definition) is 4. The Bertz CT molecular complexity index is 471. The molecule has 1 N–H and O–H groups in total. The van der Waals surface area contributed by atoms with E-state index >= 15 is 0 Å². The number of nitrogens with zero attached hydrogens (tertiary/aromatic N) is 2. The van der Waals surface area contributed by atoms with Gasteiger partial charge in [0.05, 0.1) is 5.69 Å². The second kappa shape index (κ2) is 5.30. The Morgan fingerprint density at radius 2 is 2.05 bits per heavy atom. The predicted molar refractivity (Wildman–Crippen MR) is 86.7 cm³/mol. The van der Waals surface area contributed by atoms with E-state index in [1.54, 1.807) is 0 Å². The van der Waals surface area contributed by atoms with Gasteiger partial charge in [-0.3, -0.25) is 0 Å². The lowest BCUT2D eigenvalue weighted by molar-refractivity contribution is 0.425. The maximum absolute atomic E-state index is 5.01. The summed E-state index contributed by atoms with van der Waals surface area (Å²) in [4.78, 5) is 8.99. The number of aromatic nitrogens is 1. The minimum atomic E-state index is 0.173. The zero-order valence-corrected chi connectivity index (χ0v) is 14.0. The summed E-state index contributed by atoms with van der Waals surface area (Å²) < 4.78 is 0. The summed E-state index contributed by atoms with van der Waals surface area (Å²) >= 11 is 1.92. The first-order chi connectivity index (χ1) is 9.44. The molecule has 2 fully saturated rings. The Morgan fingerprint density at radius 1 is 1.30 bits per heavy atom. The highest BCUT2D eigenvalue weighted by atomic mass is 32.1. The molecule has 0 spiro atoms. The normalized spacial score (nSPS) is 23.6. The molecular formula is C16H27N3S. The van der Waals surface area contributed by atoms with Crippen molar-refractivity contribution in [3.63, 3.8) is 0 Å². The molecule has 2 aliphatic rings. The summed E-state index contributed by atoms with van der Waals surface area (Å²) in [7, 11) is 0. The van der Waals surface area contributed by atoms with Gasteiger partial charge in [-0.1, -0.05) is 0 Å². The maximum Gasteiger partial charge on any atom is 0.186 e. The molecule has 1 aliphatic heterocycles. The first kappa shape index (κ1) is 14.3. The van der Waals surface area contributed by atoms with Crippen molar-refractivity contribution in [2.75, 3.05) is 11.4 Å². The molecule has 1 atom stereocenters. The van der Waals surface area contributed by atoms with Crippen molar-refractivity contribution in [1.29, 1.82) is 0 Å². The number of thiazole rings is 1. The smallest absolute Gasteiger partial charge is 0.186 e. The number of nitrogens with one attached hydrogen (secondary N) is 1. The fourth-order valence-electron chi connectivity index (χ4n) is 2.84. The third kappa shape index (κ3) is 3.17. The molecule has 0 amide bonds. The zero-order valence-electron chi connectivity index (χ0n) is 13.2. The van der Waals surface area contributed by atoms with Gasteiger partial charge in [0.1, 0.15) is 0 Å². The zero-order chi connectivity index (χ0) is 14.3. The molecule has 1 aromatic rings. The molecule has 2 heterocycles. The topological polar surface area (TPSA) is 28.2 Å². The lowest BCUT2D eigenvalue weighted by atomic mass is 10.1.